The Kier molecular flexibility index (Phi) is 2.36. The molecule has 1 aromatic heterocycles. The number of benzene rings is 1. The molecule has 2 heteroatoms. The lowest BCUT2D eigenvalue weighted by Crippen LogP contribution is -2.12. The van der Waals surface area contributed by atoms with E-state index in [1.165, 1.54) is 11.3 Å². The molecule has 0 saturated heterocycles. The number of carbonyl (C=O) groups excluding carboxylic acids is 1. The minimum Gasteiger partial charge on any atom is -0.320 e. The Morgan fingerprint density at radius 3 is 2.88 bits per heavy atom. The Labute approximate surface area is 101 Å². The van der Waals surface area contributed by atoms with Crippen LogP contribution in [0.3, 0.4) is 0 Å². The fourth-order valence-electron chi connectivity index (χ4n) is 2.54. The quantitative estimate of drug-likeness (QED) is 0.729. The standard InChI is InChI=1S/C15H15NO/c1-11-4-2-5-12(10-11)16-9-8-13-14(16)6-3-7-15(13)17/h2,4-5,8-10H,3,6-7H2,1H3. The molecule has 3 rings (SSSR count). The van der Waals surface area contributed by atoms with E-state index in [0.29, 0.717) is 6.42 Å². The summed E-state index contributed by atoms with van der Waals surface area (Å²) in [5, 5.41) is 0. The fraction of sp³-hybridized carbons (Fsp3) is 0.267. The first kappa shape index (κ1) is 10.3. The van der Waals surface area contributed by atoms with Crippen molar-refractivity contribution in [2.45, 2.75) is 26.2 Å². The molecule has 0 amide bonds. The van der Waals surface area contributed by atoms with Crippen LogP contribution in [0.15, 0.2) is 36.5 Å². The van der Waals surface area contributed by atoms with Crippen molar-refractivity contribution in [1.82, 2.24) is 4.57 Å². The van der Waals surface area contributed by atoms with Gasteiger partial charge in [0.25, 0.3) is 0 Å². The van der Waals surface area contributed by atoms with Gasteiger partial charge in [-0.05, 0) is 43.5 Å². The second-order valence-corrected chi connectivity index (χ2v) is 4.66. The molecule has 0 spiro atoms. The monoisotopic (exact) mass is 225 g/mol. The lowest BCUT2D eigenvalue weighted by molar-refractivity contribution is 0.0972. The minimum absolute atomic E-state index is 0.289. The van der Waals surface area contributed by atoms with E-state index < -0.39 is 0 Å². The van der Waals surface area contributed by atoms with Gasteiger partial charge in [0.2, 0.25) is 0 Å². The third-order valence-corrected chi connectivity index (χ3v) is 3.39. The number of hydrogen-bond acceptors (Lipinski definition) is 1. The second-order valence-electron chi connectivity index (χ2n) is 4.66. The Morgan fingerprint density at radius 1 is 1.18 bits per heavy atom. The van der Waals surface area contributed by atoms with Gasteiger partial charge in [-0.15, -0.1) is 0 Å². The van der Waals surface area contributed by atoms with Gasteiger partial charge in [0, 0.05) is 29.6 Å². The molecule has 86 valence electrons. The average molecular weight is 225 g/mol. The average Bonchev–Trinajstić information content (AvgIpc) is 2.74. The van der Waals surface area contributed by atoms with Crippen LogP contribution in [0.4, 0.5) is 0 Å². The van der Waals surface area contributed by atoms with Crippen LogP contribution in [0.1, 0.15) is 34.5 Å². The highest BCUT2D eigenvalue weighted by molar-refractivity contribution is 5.98. The first-order valence-corrected chi connectivity index (χ1v) is 6.06. The van der Waals surface area contributed by atoms with Gasteiger partial charge >= 0.3 is 0 Å². The summed E-state index contributed by atoms with van der Waals surface area (Å²) in [6, 6.07) is 10.3. The van der Waals surface area contributed by atoms with E-state index in [4.69, 9.17) is 0 Å². The van der Waals surface area contributed by atoms with E-state index in [2.05, 4.69) is 35.8 Å². The molecule has 1 aromatic carbocycles. The molecule has 0 bridgehead atoms. The van der Waals surface area contributed by atoms with Crippen molar-refractivity contribution in [2.24, 2.45) is 0 Å². The smallest absolute Gasteiger partial charge is 0.164 e. The van der Waals surface area contributed by atoms with E-state index in [9.17, 15) is 4.79 Å². The van der Waals surface area contributed by atoms with Gasteiger partial charge in [-0.2, -0.15) is 0 Å². The predicted octanol–water partition coefficient (Wildman–Crippen LogP) is 3.30. The maximum absolute atomic E-state index is 11.8. The maximum atomic E-state index is 11.8. The Bertz CT molecular complexity index is 580. The molecule has 0 fully saturated rings. The zero-order valence-corrected chi connectivity index (χ0v) is 9.94. The van der Waals surface area contributed by atoms with Crippen LogP contribution in [-0.2, 0) is 6.42 Å². The van der Waals surface area contributed by atoms with E-state index in [1.54, 1.807) is 0 Å². The predicted molar refractivity (Wildman–Crippen MR) is 67.8 cm³/mol. The number of fused-ring (bicyclic) bond motifs is 1. The molecular weight excluding hydrogens is 210 g/mol. The number of rotatable bonds is 1. The summed E-state index contributed by atoms with van der Waals surface area (Å²) in [7, 11) is 0. The van der Waals surface area contributed by atoms with Crippen LogP contribution in [0.5, 0.6) is 0 Å². The van der Waals surface area contributed by atoms with Gasteiger partial charge in [-0.3, -0.25) is 4.79 Å². The molecule has 17 heavy (non-hydrogen) atoms. The SMILES string of the molecule is Cc1cccc(-n2ccc3c2CCCC3=O)c1. The van der Waals surface area contributed by atoms with Gasteiger partial charge in [-0.25, -0.2) is 0 Å². The molecule has 0 saturated carbocycles. The first-order chi connectivity index (χ1) is 8.25. The third-order valence-electron chi connectivity index (χ3n) is 3.39. The zero-order chi connectivity index (χ0) is 11.8. The summed E-state index contributed by atoms with van der Waals surface area (Å²) in [6.07, 6.45) is 4.69. The minimum atomic E-state index is 0.289. The molecule has 0 aliphatic heterocycles. The Hall–Kier alpha value is -1.83. The molecule has 2 aromatic rings. The van der Waals surface area contributed by atoms with Crippen LogP contribution in [-0.4, -0.2) is 10.4 Å². The molecule has 1 aliphatic carbocycles. The first-order valence-electron chi connectivity index (χ1n) is 6.06. The number of aromatic nitrogens is 1. The van der Waals surface area contributed by atoms with Crippen molar-refractivity contribution in [3.63, 3.8) is 0 Å². The van der Waals surface area contributed by atoms with Crippen molar-refractivity contribution in [3.05, 3.63) is 53.3 Å². The van der Waals surface area contributed by atoms with Crippen molar-refractivity contribution >= 4 is 5.78 Å². The molecule has 0 radical (unpaired) electrons. The van der Waals surface area contributed by atoms with Crippen LogP contribution in [0.2, 0.25) is 0 Å². The van der Waals surface area contributed by atoms with Crippen LogP contribution in [0.25, 0.3) is 5.69 Å². The topological polar surface area (TPSA) is 22.0 Å². The van der Waals surface area contributed by atoms with Crippen LogP contribution >= 0.6 is 0 Å². The summed E-state index contributed by atoms with van der Waals surface area (Å²) in [4.78, 5) is 11.8. The summed E-state index contributed by atoms with van der Waals surface area (Å²) in [5.41, 5.74) is 4.48. The van der Waals surface area contributed by atoms with Crippen molar-refractivity contribution in [1.29, 1.82) is 0 Å². The lowest BCUT2D eigenvalue weighted by Gasteiger charge is -2.15. The highest BCUT2D eigenvalue weighted by Crippen LogP contribution is 2.25. The molecular formula is C15H15NO. The number of ketones is 1. The van der Waals surface area contributed by atoms with Gasteiger partial charge in [0.05, 0.1) is 0 Å². The maximum Gasteiger partial charge on any atom is 0.164 e. The highest BCUT2D eigenvalue weighted by atomic mass is 16.1. The largest absolute Gasteiger partial charge is 0.320 e. The van der Waals surface area contributed by atoms with Crippen LogP contribution < -0.4 is 0 Å². The van der Waals surface area contributed by atoms with Gasteiger partial charge in [-0.1, -0.05) is 12.1 Å². The zero-order valence-electron chi connectivity index (χ0n) is 9.94. The number of Topliss-reactive ketones (excluding diaryl/α,β-unsaturated/α-hetero) is 1. The van der Waals surface area contributed by atoms with E-state index in [-0.39, 0.29) is 5.78 Å². The van der Waals surface area contributed by atoms with E-state index >= 15 is 0 Å². The third kappa shape index (κ3) is 1.70. The summed E-state index contributed by atoms with van der Waals surface area (Å²) >= 11 is 0. The summed E-state index contributed by atoms with van der Waals surface area (Å²) in [5.74, 6) is 0.289. The molecule has 0 atom stereocenters. The number of hydrogen-bond donors (Lipinski definition) is 0. The Balaban J connectivity index is 2.13. The molecule has 1 heterocycles. The normalized spacial score (nSPS) is 14.8. The summed E-state index contributed by atoms with van der Waals surface area (Å²) < 4.78 is 2.15. The molecule has 0 unspecified atom stereocenters. The molecule has 2 nitrogen and oxygen atoms in total. The highest BCUT2D eigenvalue weighted by Gasteiger charge is 2.20. The number of nitrogens with zero attached hydrogens (tertiary/aromatic N) is 1. The fourth-order valence-corrected chi connectivity index (χ4v) is 2.54. The van der Waals surface area contributed by atoms with E-state index in [0.717, 1.165) is 24.1 Å². The molecule has 1 aliphatic rings. The lowest BCUT2D eigenvalue weighted by atomic mass is 9.96. The van der Waals surface area contributed by atoms with Gasteiger partial charge in [0.1, 0.15) is 0 Å². The van der Waals surface area contributed by atoms with Crippen molar-refractivity contribution in [3.8, 4) is 5.69 Å². The second kappa shape index (κ2) is 3.88. The van der Waals surface area contributed by atoms with Gasteiger partial charge in [0.15, 0.2) is 5.78 Å². The van der Waals surface area contributed by atoms with Crippen LogP contribution in [0, 0.1) is 6.92 Å². The van der Waals surface area contributed by atoms with Crippen molar-refractivity contribution < 1.29 is 4.79 Å². The van der Waals surface area contributed by atoms with E-state index in [1.807, 2.05) is 12.3 Å². The summed E-state index contributed by atoms with van der Waals surface area (Å²) in [6.45, 7) is 2.09. The number of carbonyl (C=O) groups is 1. The number of aryl methyl sites for hydroxylation is 1. The molecule has 0 N–H and O–H groups in total. The van der Waals surface area contributed by atoms with Gasteiger partial charge < -0.3 is 4.57 Å². The Morgan fingerprint density at radius 2 is 2.06 bits per heavy atom. The van der Waals surface area contributed by atoms with Crippen molar-refractivity contribution in [2.75, 3.05) is 0 Å².